The number of epoxide rings is 1. The van der Waals surface area contributed by atoms with Gasteiger partial charge in [-0.3, -0.25) is 4.21 Å². The molecule has 102 valence electrons. The zero-order valence-corrected chi connectivity index (χ0v) is 12.1. The summed E-state index contributed by atoms with van der Waals surface area (Å²) in [5.74, 6) is 0. The molecule has 2 fully saturated rings. The highest BCUT2D eigenvalue weighted by molar-refractivity contribution is 7.85. The minimum atomic E-state index is -0.933. The van der Waals surface area contributed by atoms with E-state index in [4.69, 9.17) is 4.74 Å². The fraction of sp³-hybridized carbons (Fsp3) is 0.500. The van der Waals surface area contributed by atoms with Gasteiger partial charge in [0.15, 0.2) is 0 Å². The van der Waals surface area contributed by atoms with Crippen LogP contribution in [0.4, 0.5) is 0 Å². The van der Waals surface area contributed by atoms with Crippen LogP contribution in [0.3, 0.4) is 0 Å². The van der Waals surface area contributed by atoms with Gasteiger partial charge in [0.2, 0.25) is 0 Å². The summed E-state index contributed by atoms with van der Waals surface area (Å²) in [6.45, 7) is 6.36. The van der Waals surface area contributed by atoms with Crippen molar-refractivity contribution in [2.75, 3.05) is 0 Å². The second-order valence-corrected chi connectivity index (χ2v) is 7.20. The molecule has 3 heteroatoms. The van der Waals surface area contributed by atoms with Gasteiger partial charge in [-0.25, -0.2) is 0 Å². The summed E-state index contributed by atoms with van der Waals surface area (Å²) < 4.78 is 18.5. The Morgan fingerprint density at radius 3 is 2.79 bits per heavy atom. The summed E-state index contributed by atoms with van der Waals surface area (Å²) in [5, 5.41) is 0.190. The van der Waals surface area contributed by atoms with Crippen LogP contribution in [-0.2, 0) is 15.5 Å². The lowest BCUT2D eigenvalue weighted by molar-refractivity contribution is 0.299. The maximum absolute atomic E-state index is 12.6. The van der Waals surface area contributed by atoms with Gasteiger partial charge in [0, 0.05) is 10.1 Å². The lowest BCUT2D eigenvalue weighted by Gasteiger charge is -2.18. The van der Waals surface area contributed by atoms with Crippen LogP contribution in [0.25, 0.3) is 0 Å². The van der Waals surface area contributed by atoms with E-state index in [1.165, 1.54) is 0 Å². The zero-order valence-electron chi connectivity index (χ0n) is 11.3. The Hall–Kier alpha value is -0.930. The molecule has 4 atom stereocenters. The number of fused-ring (bicyclic) bond motifs is 1. The lowest BCUT2D eigenvalue weighted by atomic mass is 9.92. The minimum absolute atomic E-state index is 0.0877. The van der Waals surface area contributed by atoms with Gasteiger partial charge < -0.3 is 4.74 Å². The van der Waals surface area contributed by atoms with Crippen molar-refractivity contribution in [1.82, 2.24) is 0 Å². The topological polar surface area (TPSA) is 29.6 Å². The summed E-state index contributed by atoms with van der Waals surface area (Å²) in [7, 11) is -0.933. The maximum atomic E-state index is 12.6. The highest BCUT2D eigenvalue weighted by Gasteiger charge is 2.58. The first-order valence-corrected chi connectivity index (χ1v) is 8.20. The minimum Gasteiger partial charge on any atom is -0.361 e. The van der Waals surface area contributed by atoms with E-state index < -0.39 is 10.8 Å². The fourth-order valence-electron chi connectivity index (χ4n) is 3.20. The molecule has 0 aromatic heterocycles. The van der Waals surface area contributed by atoms with Crippen molar-refractivity contribution in [2.45, 2.75) is 54.5 Å². The van der Waals surface area contributed by atoms with Crippen molar-refractivity contribution < 1.29 is 8.95 Å². The third-order valence-electron chi connectivity index (χ3n) is 4.44. The first-order chi connectivity index (χ1) is 9.17. The van der Waals surface area contributed by atoms with Crippen molar-refractivity contribution in [2.24, 2.45) is 0 Å². The largest absolute Gasteiger partial charge is 0.361 e. The fourth-order valence-corrected chi connectivity index (χ4v) is 4.71. The van der Waals surface area contributed by atoms with E-state index in [-0.39, 0.29) is 10.9 Å². The average molecular weight is 276 g/mol. The molecule has 0 amide bonds. The molecule has 0 radical (unpaired) electrons. The van der Waals surface area contributed by atoms with Crippen LogP contribution in [0.2, 0.25) is 0 Å². The molecule has 1 saturated heterocycles. The van der Waals surface area contributed by atoms with Crippen molar-refractivity contribution in [3.05, 3.63) is 42.5 Å². The van der Waals surface area contributed by atoms with Crippen molar-refractivity contribution in [1.29, 1.82) is 0 Å². The second-order valence-electron chi connectivity index (χ2n) is 5.47. The Morgan fingerprint density at radius 2 is 2.11 bits per heavy atom. The Labute approximate surface area is 117 Å². The summed E-state index contributed by atoms with van der Waals surface area (Å²) >= 11 is 0. The van der Waals surface area contributed by atoms with Crippen molar-refractivity contribution in [3.8, 4) is 0 Å². The summed E-state index contributed by atoms with van der Waals surface area (Å²) in [6.07, 6.45) is 4.11. The van der Waals surface area contributed by atoms with Crippen LogP contribution in [-0.4, -0.2) is 21.2 Å². The molecule has 0 spiro atoms. The van der Waals surface area contributed by atoms with E-state index in [2.05, 4.69) is 13.5 Å². The molecule has 19 heavy (non-hydrogen) atoms. The van der Waals surface area contributed by atoms with E-state index in [0.29, 0.717) is 6.10 Å². The normalized spacial score (nSPS) is 35.3. The number of benzene rings is 1. The molecule has 1 aromatic rings. The standard InChI is InChI=1S/C16H20O2S/c1-3-16-12(2)11-14(9-10-15(16)18-16)19(17)13-7-5-4-6-8-13/h4-8,14-15H,2-3,9-11H2,1H3/t14-,15-,16+,19?/m0/s1. The van der Waals surface area contributed by atoms with E-state index in [9.17, 15) is 4.21 Å². The number of ether oxygens (including phenoxy) is 1. The molecule has 3 rings (SSSR count). The van der Waals surface area contributed by atoms with Crippen LogP contribution in [0.15, 0.2) is 47.4 Å². The van der Waals surface area contributed by atoms with Gasteiger partial charge in [-0.05, 0) is 43.4 Å². The van der Waals surface area contributed by atoms with E-state index in [1.807, 2.05) is 30.3 Å². The molecule has 1 unspecified atom stereocenters. The van der Waals surface area contributed by atoms with Gasteiger partial charge in [0.05, 0.1) is 16.9 Å². The quantitative estimate of drug-likeness (QED) is 0.625. The first kappa shape index (κ1) is 13.1. The van der Waals surface area contributed by atoms with E-state index in [1.54, 1.807) is 0 Å². The highest BCUT2D eigenvalue weighted by atomic mass is 32.2. The molecule has 1 saturated carbocycles. The number of hydrogen-bond donors (Lipinski definition) is 0. The van der Waals surface area contributed by atoms with Crippen molar-refractivity contribution >= 4 is 10.8 Å². The molecule has 1 heterocycles. The summed E-state index contributed by atoms with van der Waals surface area (Å²) in [5.41, 5.74) is 1.06. The third kappa shape index (κ3) is 2.19. The van der Waals surface area contributed by atoms with Crippen LogP contribution < -0.4 is 0 Å². The van der Waals surface area contributed by atoms with Crippen LogP contribution in [0.1, 0.15) is 32.6 Å². The Kier molecular flexibility index (Phi) is 3.35. The number of hydrogen-bond acceptors (Lipinski definition) is 2. The monoisotopic (exact) mass is 276 g/mol. The average Bonchev–Trinajstić information content (AvgIpc) is 3.18. The van der Waals surface area contributed by atoms with Gasteiger partial charge in [-0.15, -0.1) is 0 Å². The molecular formula is C16H20O2S. The predicted octanol–water partition coefficient (Wildman–Crippen LogP) is 3.45. The Morgan fingerprint density at radius 1 is 1.37 bits per heavy atom. The van der Waals surface area contributed by atoms with Gasteiger partial charge >= 0.3 is 0 Å². The lowest BCUT2D eigenvalue weighted by Crippen LogP contribution is -2.19. The Bertz CT molecular complexity index is 511. The zero-order chi connectivity index (χ0) is 13.5. The molecule has 0 N–H and O–H groups in total. The van der Waals surface area contributed by atoms with Gasteiger partial charge in [-0.1, -0.05) is 31.7 Å². The smallest absolute Gasteiger partial charge is 0.115 e. The summed E-state index contributed by atoms with van der Waals surface area (Å²) in [4.78, 5) is 0.933. The predicted molar refractivity (Wildman–Crippen MR) is 77.5 cm³/mol. The molecule has 1 aliphatic heterocycles. The van der Waals surface area contributed by atoms with Gasteiger partial charge in [0.25, 0.3) is 0 Å². The number of rotatable bonds is 3. The molecule has 2 aliphatic rings. The maximum Gasteiger partial charge on any atom is 0.115 e. The molecule has 0 bridgehead atoms. The molecule has 1 aromatic carbocycles. The van der Waals surface area contributed by atoms with Crippen LogP contribution >= 0.6 is 0 Å². The molecule has 1 aliphatic carbocycles. The Balaban J connectivity index is 1.77. The highest BCUT2D eigenvalue weighted by Crippen LogP contribution is 2.51. The summed E-state index contributed by atoms with van der Waals surface area (Å²) in [6, 6.07) is 9.77. The van der Waals surface area contributed by atoms with E-state index >= 15 is 0 Å². The SMILES string of the molecule is C=C1C[C@@H](S(=O)c2ccccc2)CC[C@@H]2O[C@]12CC. The van der Waals surface area contributed by atoms with Crippen LogP contribution in [0, 0.1) is 0 Å². The molecular weight excluding hydrogens is 256 g/mol. The second kappa shape index (κ2) is 4.88. The van der Waals surface area contributed by atoms with Gasteiger partial charge in [-0.2, -0.15) is 0 Å². The molecule has 2 nitrogen and oxygen atoms in total. The first-order valence-electron chi connectivity index (χ1n) is 6.99. The van der Waals surface area contributed by atoms with Crippen LogP contribution in [0.5, 0.6) is 0 Å². The van der Waals surface area contributed by atoms with Crippen molar-refractivity contribution in [3.63, 3.8) is 0 Å². The third-order valence-corrected chi connectivity index (χ3v) is 6.19. The van der Waals surface area contributed by atoms with Gasteiger partial charge in [0.1, 0.15) is 5.60 Å². The van der Waals surface area contributed by atoms with E-state index in [0.717, 1.165) is 36.2 Å².